The van der Waals surface area contributed by atoms with Crippen molar-refractivity contribution >= 4 is 0 Å². The Morgan fingerprint density at radius 3 is 1.10 bits per heavy atom. The van der Waals surface area contributed by atoms with E-state index in [1.807, 2.05) is 0 Å². The number of hydrogen-bond donors (Lipinski definition) is 0. The van der Waals surface area contributed by atoms with Gasteiger partial charge in [-0.3, -0.25) is 0 Å². The monoisotopic (exact) mass is 294 g/mol. The molecule has 0 aromatic carbocycles. The average Bonchev–Trinajstić information content (AvgIpc) is 2.55. The van der Waals surface area contributed by atoms with Crippen molar-refractivity contribution < 1.29 is 0 Å². The van der Waals surface area contributed by atoms with E-state index in [9.17, 15) is 0 Å². The summed E-state index contributed by atoms with van der Waals surface area (Å²) >= 11 is 0. The molecule has 0 bridgehead atoms. The molecule has 0 N–H and O–H groups in total. The molecule has 2 aliphatic rings. The second kappa shape index (κ2) is 11.5. The van der Waals surface area contributed by atoms with E-state index in [1.54, 1.807) is 0 Å². The molecule has 2 fully saturated rings. The lowest BCUT2D eigenvalue weighted by molar-refractivity contribution is 0.222. The largest absolute Gasteiger partial charge is 0.303 e. The third kappa shape index (κ3) is 8.21. The van der Waals surface area contributed by atoms with Gasteiger partial charge < -0.3 is 9.80 Å². The van der Waals surface area contributed by atoms with E-state index in [4.69, 9.17) is 0 Å². The van der Waals surface area contributed by atoms with Gasteiger partial charge >= 0.3 is 0 Å². The van der Waals surface area contributed by atoms with Crippen molar-refractivity contribution in [2.45, 2.75) is 83.5 Å². The molecule has 0 radical (unpaired) electrons. The van der Waals surface area contributed by atoms with Crippen LogP contribution in [0, 0.1) is 0 Å². The summed E-state index contributed by atoms with van der Waals surface area (Å²) in [5.41, 5.74) is 0. The molecule has 0 spiro atoms. The summed E-state index contributed by atoms with van der Waals surface area (Å²) in [5, 5.41) is 0. The van der Waals surface area contributed by atoms with Gasteiger partial charge in [0, 0.05) is 0 Å². The third-order valence-electron chi connectivity index (χ3n) is 5.35. The minimum Gasteiger partial charge on any atom is -0.303 e. The molecule has 21 heavy (non-hydrogen) atoms. The van der Waals surface area contributed by atoms with Crippen LogP contribution < -0.4 is 0 Å². The number of rotatable bonds is 10. The van der Waals surface area contributed by atoms with Gasteiger partial charge in [0.05, 0.1) is 0 Å². The van der Waals surface area contributed by atoms with E-state index in [-0.39, 0.29) is 0 Å². The van der Waals surface area contributed by atoms with Gasteiger partial charge in [-0.05, 0) is 77.8 Å². The Labute approximate surface area is 133 Å². The maximum Gasteiger partial charge on any atom is -0.00187 e. The molecule has 0 aliphatic carbocycles. The topological polar surface area (TPSA) is 6.48 Å². The Hall–Kier alpha value is -0.0800. The van der Waals surface area contributed by atoms with Crippen LogP contribution >= 0.6 is 0 Å². The van der Waals surface area contributed by atoms with Crippen LogP contribution in [0.4, 0.5) is 0 Å². The van der Waals surface area contributed by atoms with Crippen molar-refractivity contribution in [2.24, 2.45) is 0 Å². The average molecular weight is 295 g/mol. The third-order valence-corrected chi connectivity index (χ3v) is 5.35. The fourth-order valence-corrected chi connectivity index (χ4v) is 3.92. The van der Waals surface area contributed by atoms with Crippen LogP contribution in [0.5, 0.6) is 0 Å². The Bertz CT molecular complexity index is 206. The van der Waals surface area contributed by atoms with Gasteiger partial charge in [0.2, 0.25) is 0 Å². The first kappa shape index (κ1) is 17.3. The lowest BCUT2D eigenvalue weighted by Crippen LogP contribution is -2.30. The lowest BCUT2D eigenvalue weighted by Gasteiger charge is -2.26. The van der Waals surface area contributed by atoms with Gasteiger partial charge in [-0.2, -0.15) is 0 Å². The summed E-state index contributed by atoms with van der Waals surface area (Å²) in [5.74, 6) is 0. The van der Waals surface area contributed by atoms with E-state index in [0.29, 0.717) is 0 Å². The molecule has 0 aromatic rings. The van der Waals surface area contributed by atoms with Crippen LogP contribution in [0.2, 0.25) is 0 Å². The maximum atomic E-state index is 2.68. The number of hydrogen-bond acceptors (Lipinski definition) is 2. The second-order valence-corrected chi connectivity index (χ2v) is 7.28. The number of piperidine rings is 2. The molecule has 2 heterocycles. The summed E-state index contributed by atoms with van der Waals surface area (Å²) in [6, 6.07) is 0. The van der Waals surface area contributed by atoms with Gasteiger partial charge in [-0.15, -0.1) is 0 Å². The second-order valence-electron chi connectivity index (χ2n) is 7.28. The number of unbranched alkanes of at least 4 members (excludes halogenated alkanes) is 6. The molecule has 2 saturated heterocycles. The molecule has 2 rings (SSSR count). The molecule has 0 amide bonds. The minimum atomic E-state index is 1.37. The van der Waals surface area contributed by atoms with Gasteiger partial charge in [0.15, 0.2) is 0 Å². The molecule has 0 aromatic heterocycles. The summed E-state index contributed by atoms with van der Waals surface area (Å²) in [4.78, 5) is 5.37. The summed E-state index contributed by atoms with van der Waals surface area (Å²) < 4.78 is 0. The maximum absolute atomic E-state index is 2.68. The molecular formula is C19H38N2. The van der Waals surface area contributed by atoms with Crippen LogP contribution in [-0.2, 0) is 0 Å². The van der Waals surface area contributed by atoms with Crippen LogP contribution in [-0.4, -0.2) is 49.1 Å². The Kier molecular flexibility index (Phi) is 9.45. The Balaban J connectivity index is 1.30. The molecular weight excluding hydrogens is 256 g/mol. The van der Waals surface area contributed by atoms with Crippen molar-refractivity contribution in [2.75, 3.05) is 39.3 Å². The zero-order valence-electron chi connectivity index (χ0n) is 14.3. The lowest BCUT2D eigenvalue weighted by atomic mass is 10.1. The molecule has 124 valence electrons. The van der Waals surface area contributed by atoms with Gasteiger partial charge in [0.25, 0.3) is 0 Å². The molecule has 2 heteroatoms. The highest BCUT2D eigenvalue weighted by molar-refractivity contribution is 4.65. The van der Waals surface area contributed by atoms with Gasteiger partial charge in [-0.1, -0.05) is 44.9 Å². The predicted octanol–water partition coefficient (Wildman–Crippen LogP) is 4.69. The smallest absolute Gasteiger partial charge is 0.00187 e. The van der Waals surface area contributed by atoms with Crippen LogP contribution in [0.3, 0.4) is 0 Å². The van der Waals surface area contributed by atoms with Crippen LogP contribution in [0.1, 0.15) is 83.5 Å². The van der Waals surface area contributed by atoms with E-state index in [0.717, 1.165) is 0 Å². The first-order valence-corrected chi connectivity index (χ1v) is 9.90. The van der Waals surface area contributed by atoms with E-state index >= 15 is 0 Å². The van der Waals surface area contributed by atoms with Crippen molar-refractivity contribution in [3.8, 4) is 0 Å². The summed E-state index contributed by atoms with van der Waals surface area (Å²) in [6.07, 6.45) is 18.9. The number of nitrogens with zero attached hydrogens (tertiary/aromatic N) is 2. The fraction of sp³-hybridized carbons (Fsp3) is 1.00. The molecule has 0 saturated carbocycles. The quantitative estimate of drug-likeness (QED) is 0.539. The normalized spacial score (nSPS) is 21.7. The van der Waals surface area contributed by atoms with E-state index in [1.165, 1.54) is 123 Å². The van der Waals surface area contributed by atoms with Gasteiger partial charge in [0.1, 0.15) is 0 Å². The van der Waals surface area contributed by atoms with E-state index in [2.05, 4.69) is 9.80 Å². The van der Waals surface area contributed by atoms with Crippen molar-refractivity contribution in [1.82, 2.24) is 9.80 Å². The molecule has 0 atom stereocenters. The number of likely N-dealkylation sites (tertiary alicyclic amines) is 2. The molecule has 2 aliphatic heterocycles. The molecule has 0 unspecified atom stereocenters. The standard InChI is InChI=1S/C19H38N2/c1(2-4-8-14-20-16-10-6-11-17-20)3-5-9-15-21-18-12-7-13-19-21/h1-19H2. The minimum absolute atomic E-state index is 1.37. The van der Waals surface area contributed by atoms with Crippen molar-refractivity contribution in [3.63, 3.8) is 0 Å². The first-order valence-electron chi connectivity index (χ1n) is 9.90. The SMILES string of the molecule is C(CCCCN1CCCCC1)CCCCN1CCCCC1. The Morgan fingerprint density at radius 1 is 0.381 bits per heavy atom. The summed E-state index contributed by atoms with van der Waals surface area (Å²) in [7, 11) is 0. The van der Waals surface area contributed by atoms with Crippen LogP contribution in [0.25, 0.3) is 0 Å². The highest BCUT2D eigenvalue weighted by Gasteiger charge is 2.09. The van der Waals surface area contributed by atoms with E-state index < -0.39 is 0 Å². The fourth-order valence-electron chi connectivity index (χ4n) is 3.92. The van der Waals surface area contributed by atoms with Crippen LogP contribution in [0.15, 0.2) is 0 Å². The van der Waals surface area contributed by atoms with Gasteiger partial charge in [-0.25, -0.2) is 0 Å². The zero-order chi connectivity index (χ0) is 14.6. The summed E-state index contributed by atoms with van der Waals surface area (Å²) in [6.45, 7) is 8.23. The molecule has 2 nitrogen and oxygen atoms in total. The zero-order valence-corrected chi connectivity index (χ0v) is 14.3. The highest BCUT2D eigenvalue weighted by Crippen LogP contribution is 2.13. The predicted molar refractivity (Wildman–Crippen MR) is 92.9 cm³/mol. The highest BCUT2D eigenvalue weighted by atomic mass is 15.1. The van der Waals surface area contributed by atoms with Crippen molar-refractivity contribution in [1.29, 1.82) is 0 Å². The van der Waals surface area contributed by atoms with Crippen molar-refractivity contribution in [3.05, 3.63) is 0 Å². The Morgan fingerprint density at radius 2 is 0.714 bits per heavy atom. The first-order chi connectivity index (χ1) is 10.4.